The molecule has 1 spiro atoms. The number of amides is 4. The van der Waals surface area contributed by atoms with Gasteiger partial charge in [0.25, 0.3) is 11.6 Å². The van der Waals surface area contributed by atoms with E-state index in [-0.39, 0.29) is 12.1 Å². The fourth-order valence-corrected chi connectivity index (χ4v) is 5.23. The monoisotopic (exact) mass is 470 g/mol. The predicted octanol–water partition coefficient (Wildman–Crippen LogP) is 3.91. The number of non-ortho nitro benzene ring substituents is 1. The Labute approximate surface area is 201 Å². The van der Waals surface area contributed by atoms with Crippen molar-refractivity contribution in [1.29, 1.82) is 0 Å². The molecule has 176 valence electrons. The molecule has 2 aliphatic rings. The molecule has 0 saturated carbocycles. The van der Waals surface area contributed by atoms with Gasteiger partial charge in [-0.25, -0.2) is 9.69 Å². The number of imide groups is 2. The minimum Gasteiger partial charge on any atom is -0.366 e. The van der Waals surface area contributed by atoms with Crippen LogP contribution in [0.15, 0.2) is 72.8 Å². The number of urea groups is 1. The molecule has 2 atom stereocenters. The number of hydrogen-bond acceptors (Lipinski definition) is 6. The molecule has 1 N–H and O–H groups in total. The first-order valence-corrected chi connectivity index (χ1v) is 11.1. The number of carbonyl (C=O) groups is 3. The van der Waals surface area contributed by atoms with Crippen molar-refractivity contribution in [1.82, 2.24) is 5.32 Å². The maximum Gasteiger partial charge on any atom is 0.335 e. The summed E-state index contributed by atoms with van der Waals surface area (Å²) in [7, 11) is 1.75. The van der Waals surface area contributed by atoms with Crippen molar-refractivity contribution in [2.75, 3.05) is 16.8 Å². The Morgan fingerprint density at radius 3 is 2.43 bits per heavy atom. The molecule has 0 bridgehead atoms. The largest absolute Gasteiger partial charge is 0.366 e. The summed E-state index contributed by atoms with van der Waals surface area (Å²) in [5, 5.41) is 13.8. The first kappa shape index (κ1) is 22.3. The quantitative estimate of drug-likeness (QED) is 0.353. The lowest BCUT2D eigenvalue weighted by atomic mass is 9.66. The molecule has 0 radical (unpaired) electrons. The maximum atomic E-state index is 14.3. The van der Waals surface area contributed by atoms with Crippen molar-refractivity contribution >= 4 is 34.9 Å². The van der Waals surface area contributed by atoms with Crippen LogP contribution in [0.5, 0.6) is 0 Å². The zero-order valence-corrected chi connectivity index (χ0v) is 19.1. The fourth-order valence-electron chi connectivity index (χ4n) is 5.23. The van der Waals surface area contributed by atoms with Crippen LogP contribution < -0.4 is 15.1 Å². The van der Waals surface area contributed by atoms with Gasteiger partial charge in [0.2, 0.25) is 5.91 Å². The van der Waals surface area contributed by atoms with Crippen LogP contribution in [-0.2, 0) is 16.0 Å². The minimum absolute atomic E-state index is 0.103. The van der Waals surface area contributed by atoms with E-state index in [1.165, 1.54) is 12.1 Å². The topological polar surface area (TPSA) is 113 Å². The van der Waals surface area contributed by atoms with Gasteiger partial charge in [0, 0.05) is 31.3 Å². The molecular formula is C26H22N4O5. The van der Waals surface area contributed by atoms with E-state index in [9.17, 15) is 24.5 Å². The number of nitrogens with one attached hydrogen (secondary N) is 1. The Kier molecular flexibility index (Phi) is 5.12. The second-order valence-electron chi connectivity index (χ2n) is 8.88. The van der Waals surface area contributed by atoms with E-state index < -0.39 is 34.2 Å². The van der Waals surface area contributed by atoms with E-state index in [1.54, 1.807) is 36.2 Å². The summed E-state index contributed by atoms with van der Waals surface area (Å²) in [6, 6.07) is 18.9. The molecule has 1 fully saturated rings. The number of barbiturate groups is 1. The number of rotatable bonds is 3. The van der Waals surface area contributed by atoms with Crippen molar-refractivity contribution in [2.45, 2.75) is 19.4 Å². The van der Waals surface area contributed by atoms with Crippen molar-refractivity contribution < 1.29 is 19.3 Å². The lowest BCUT2D eigenvalue weighted by Gasteiger charge is -2.50. The van der Waals surface area contributed by atoms with Crippen LogP contribution in [0.4, 0.5) is 21.9 Å². The number of benzene rings is 3. The minimum atomic E-state index is -1.74. The number of aryl methyl sites for hydroxylation is 1. The Hall–Kier alpha value is -4.53. The third-order valence-electron chi connectivity index (χ3n) is 6.77. The van der Waals surface area contributed by atoms with Crippen LogP contribution in [-0.4, -0.2) is 29.8 Å². The molecule has 0 unspecified atom stereocenters. The fraction of sp³-hybridized carbons (Fsp3) is 0.192. The number of carbonyl (C=O) groups excluding carboxylic acids is 3. The summed E-state index contributed by atoms with van der Waals surface area (Å²) in [4.78, 5) is 54.6. The van der Waals surface area contributed by atoms with Gasteiger partial charge in [0.05, 0.1) is 16.7 Å². The average Bonchev–Trinajstić information content (AvgIpc) is 2.83. The number of nitrogens with zero attached hydrogens (tertiary/aromatic N) is 3. The number of nitro groups is 1. The van der Waals surface area contributed by atoms with Crippen molar-refractivity contribution in [3.8, 4) is 0 Å². The van der Waals surface area contributed by atoms with E-state index in [0.717, 1.165) is 10.5 Å². The van der Waals surface area contributed by atoms with Crippen molar-refractivity contribution in [3.63, 3.8) is 0 Å². The molecule has 3 aromatic carbocycles. The molecule has 3 aromatic rings. The molecule has 9 nitrogen and oxygen atoms in total. The molecule has 0 aliphatic carbocycles. The highest BCUT2D eigenvalue weighted by molar-refractivity contribution is 6.30. The van der Waals surface area contributed by atoms with Gasteiger partial charge in [-0.15, -0.1) is 0 Å². The second-order valence-corrected chi connectivity index (χ2v) is 8.88. The van der Waals surface area contributed by atoms with Gasteiger partial charge in [-0.2, -0.15) is 0 Å². The Balaban J connectivity index is 1.75. The number of anilines is 2. The molecular weight excluding hydrogens is 448 g/mol. The lowest BCUT2D eigenvalue weighted by molar-refractivity contribution is -0.384. The summed E-state index contributed by atoms with van der Waals surface area (Å²) < 4.78 is 0. The first-order chi connectivity index (χ1) is 16.7. The van der Waals surface area contributed by atoms with Crippen molar-refractivity contribution in [2.24, 2.45) is 5.41 Å². The van der Waals surface area contributed by atoms with Gasteiger partial charge in [0.15, 0.2) is 5.41 Å². The smallest absolute Gasteiger partial charge is 0.335 e. The summed E-state index contributed by atoms with van der Waals surface area (Å²) >= 11 is 0. The average molecular weight is 470 g/mol. The summed E-state index contributed by atoms with van der Waals surface area (Å²) in [6.45, 7) is 1.84. The van der Waals surface area contributed by atoms with Gasteiger partial charge < -0.3 is 4.90 Å². The van der Waals surface area contributed by atoms with Gasteiger partial charge in [-0.1, -0.05) is 42.5 Å². The Morgan fingerprint density at radius 1 is 1.00 bits per heavy atom. The maximum absolute atomic E-state index is 14.3. The van der Waals surface area contributed by atoms with Crippen LogP contribution in [0, 0.1) is 22.5 Å². The Bertz CT molecular complexity index is 1390. The SMILES string of the molecule is Cc1cccc(N2C(=O)NC(=O)[C@@]3(Cc4cc([N+](=O)[O-])ccc4N(C)[C@H]3c3ccccc3)C2=O)c1. The van der Waals surface area contributed by atoms with E-state index in [2.05, 4.69) is 5.32 Å². The molecule has 2 heterocycles. The molecule has 1 saturated heterocycles. The highest BCUT2D eigenvalue weighted by Gasteiger charge is 2.62. The highest BCUT2D eigenvalue weighted by Crippen LogP contribution is 2.52. The van der Waals surface area contributed by atoms with Crippen LogP contribution >= 0.6 is 0 Å². The van der Waals surface area contributed by atoms with Crippen LogP contribution in [0.25, 0.3) is 0 Å². The molecule has 5 rings (SSSR count). The molecule has 9 heteroatoms. The Morgan fingerprint density at radius 2 is 1.74 bits per heavy atom. The molecule has 0 aromatic heterocycles. The number of fused-ring (bicyclic) bond motifs is 1. The second kappa shape index (κ2) is 8.05. The van der Waals surface area contributed by atoms with Crippen LogP contribution in [0.3, 0.4) is 0 Å². The summed E-state index contributed by atoms with van der Waals surface area (Å²) in [6.07, 6.45) is -0.103. The summed E-state index contributed by atoms with van der Waals surface area (Å²) in [5.41, 5.74) is 1.18. The standard InChI is InChI=1S/C26H22N4O5/c1-16-7-6-10-19(13-16)29-24(32)26(23(31)27-25(29)33)15-18-14-20(30(34)35)11-12-21(18)28(2)22(26)17-8-4-3-5-9-17/h3-14,22H,15H2,1-2H3,(H,27,31,33)/t22-,26-/m0/s1. The third-order valence-corrected chi connectivity index (χ3v) is 6.77. The molecule has 35 heavy (non-hydrogen) atoms. The lowest BCUT2D eigenvalue weighted by Crippen LogP contribution is -2.69. The molecule has 4 amide bonds. The summed E-state index contributed by atoms with van der Waals surface area (Å²) in [5.74, 6) is -1.40. The normalized spacial score (nSPS) is 21.7. The highest BCUT2D eigenvalue weighted by atomic mass is 16.6. The van der Waals surface area contributed by atoms with Gasteiger partial charge in [-0.05, 0) is 41.8 Å². The zero-order valence-electron chi connectivity index (χ0n) is 19.1. The van der Waals surface area contributed by atoms with Gasteiger partial charge in [-0.3, -0.25) is 25.0 Å². The number of hydrogen-bond donors (Lipinski definition) is 1. The van der Waals surface area contributed by atoms with Gasteiger partial charge >= 0.3 is 6.03 Å². The van der Waals surface area contributed by atoms with Crippen molar-refractivity contribution in [3.05, 3.63) is 99.6 Å². The third kappa shape index (κ3) is 3.35. The first-order valence-electron chi connectivity index (χ1n) is 11.1. The van der Waals surface area contributed by atoms with E-state index in [0.29, 0.717) is 22.5 Å². The zero-order chi connectivity index (χ0) is 24.9. The predicted molar refractivity (Wildman–Crippen MR) is 129 cm³/mol. The van der Waals surface area contributed by atoms with Crippen LogP contribution in [0.2, 0.25) is 0 Å². The van der Waals surface area contributed by atoms with E-state index >= 15 is 0 Å². The number of nitro benzene ring substituents is 1. The van der Waals surface area contributed by atoms with E-state index in [1.807, 2.05) is 43.3 Å². The van der Waals surface area contributed by atoms with E-state index in [4.69, 9.17) is 0 Å². The van der Waals surface area contributed by atoms with Gasteiger partial charge in [0.1, 0.15) is 0 Å². The molecule has 2 aliphatic heterocycles. The van der Waals surface area contributed by atoms with Crippen LogP contribution in [0.1, 0.15) is 22.7 Å².